The smallest absolute Gasteiger partial charge is 0.311 e. The van der Waals surface area contributed by atoms with Crippen molar-refractivity contribution in [2.75, 3.05) is 0 Å². The predicted molar refractivity (Wildman–Crippen MR) is 61.5 cm³/mol. The lowest BCUT2D eigenvalue weighted by molar-refractivity contribution is -0.136. The van der Waals surface area contributed by atoms with Crippen LogP contribution in [0.15, 0.2) is 18.2 Å². The van der Waals surface area contributed by atoms with Crippen LogP contribution in [0.25, 0.3) is 11.0 Å². The highest BCUT2D eigenvalue weighted by molar-refractivity contribution is 5.78. The Morgan fingerprint density at radius 2 is 2.25 bits per heavy atom. The van der Waals surface area contributed by atoms with Crippen LogP contribution >= 0.6 is 0 Å². The second-order valence-electron chi connectivity index (χ2n) is 3.83. The Morgan fingerprint density at radius 3 is 2.88 bits per heavy atom. The van der Waals surface area contributed by atoms with Gasteiger partial charge in [-0.25, -0.2) is 4.98 Å². The topological polar surface area (TPSA) is 55.1 Å². The molecule has 4 nitrogen and oxygen atoms in total. The summed E-state index contributed by atoms with van der Waals surface area (Å²) in [5.41, 5.74) is 3.01. The molecule has 0 aliphatic heterocycles. The summed E-state index contributed by atoms with van der Waals surface area (Å²) >= 11 is 0. The number of fused-ring (bicyclic) bond motifs is 1. The van der Waals surface area contributed by atoms with Crippen molar-refractivity contribution in [3.8, 4) is 0 Å². The third-order valence-corrected chi connectivity index (χ3v) is 2.61. The highest BCUT2D eigenvalue weighted by Gasteiger charge is 2.12. The fourth-order valence-electron chi connectivity index (χ4n) is 1.91. The van der Waals surface area contributed by atoms with Crippen molar-refractivity contribution in [2.45, 2.75) is 26.8 Å². The highest BCUT2D eigenvalue weighted by Crippen LogP contribution is 2.18. The third kappa shape index (κ3) is 1.78. The van der Waals surface area contributed by atoms with Gasteiger partial charge in [-0.2, -0.15) is 0 Å². The van der Waals surface area contributed by atoms with Gasteiger partial charge in [0.1, 0.15) is 12.2 Å². The molecule has 2 aromatic rings. The minimum Gasteiger partial charge on any atom is -0.481 e. The zero-order valence-electron chi connectivity index (χ0n) is 9.40. The zero-order chi connectivity index (χ0) is 11.7. The number of nitrogens with zero attached hydrogens (tertiary/aromatic N) is 2. The van der Waals surface area contributed by atoms with Gasteiger partial charge in [-0.05, 0) is 31.5 Å². The van der Waals surface area contributed by atoms with E-state index in [2.05, 4.69) is 4.98 Å². The number of carbonyl (C=O) groups is 1. The van der Waals surface area contributed by atoms with Gasteiger partial charge in [-0.3, -0.25) is 4.79 Å². The summed E-state index contributed by atoms with van der Waals surface area (Å²) < 4.78 is 1.95. The lowest BCUT2D eigenvalue weighted by atomic mass is 10.2. The van der Waals surface area contributed by atoms with Gasteiger partial charge >= 0.3 is 5.97 Å². The van der Waals surface area contributed by atoms with Crippen LogP contribution in [0.3, 0.4) is 0 Å². The van der Waals surface area contributed by atoms with Crippen molar-refractivity contribution in [1.82, 2.24) is 9.55 Å². The fraction of sp³-hybridized carbons (Fsp3) is 0.333. The second kappa shape index (κ2) is 3.96. The number of aromatic nitrogens is 2. The van der Waals surface area contributed by atoms with E-state index in [-0.39, 0.29) is 6.42 Å². The molecule has 0 spiro atoms. The van der Waals surface area contributed by atoms with E-state index in [0.29, 0.717) is 5.82 Å². The molecule has 1 aromatic heterocycles. The molecule has 1 N–H and O–H groups in total. The zero-order valence-corrected chi connectivity index (χ0v) is 9.40. The minimum atomic E-state index is -0.846. The van der Waals surface area contributed by atoms with Crippen LogP contribution in [0.2, 0.25) is 0 Å². The molecule has 4 heteroatoms. The Balaban J connectivity index is 2.61. The van der Waals surface area contributed by atoms with Crippen LogP contribution in [-0.2, 0) is 17.8 Å². The third-order valence-electron chi connectivity index (χ3n) is 2.61. The molecule has 0 saturated carbocycles. The van der Waals surface area contributed by atoms with Crippen LogP contribution < -0.4 is 0 Å². The van der Waals surface area contributed by atoms with Crippen LogP contribution in [0.5, 0.6) is 0 Å². The Kier molecular flexibility index (Phi) is 2.64. The first-order valence-electron chi connectivity index (χ1n) is 5.29. The van der Waals surface area contributed by atoms with E-state index in [9.17, 15) is 4.79 Å². The first-order chi connectivity index (χ1) is 7.61. The monoisotopic (exact) mass is 218 g/mol. The van der Waals surface area contributed by atoms with Crippen molar-refractivity contribution in [3.05, 3.63) is 29.6 Å². The molecule has 0 radical (unpaired) electrons. The van der Waals surface area contributed by atoms with Gasteiger partial charge in [0.2, 0.25) is 0 Å². The average molecular weight is 218 g/mol. The fourth-order valence-corrected chi connectivity index (χ4v) is 1.91. The van der Waals surface area contributed by atoms with Crippen molar-refractivity contribution in [1.29, 1.82) is 0 Å². The molecule has 0 aliphatic carbocycles. The molecule has 16 heavy (non-hydrogen) atoms. The summed E-state index contributed by atoms with van der Waals surface area (Å²) in [5, 5.41) is 8.81. The standard InChI is InChI=1S/C12H14N2O2/c1-3-14-10-5-4-8(2)6-9(10)13-11(14)7-12(15)16/h4-6H,3,7H2,1-2H3,(H,15,16). The van der Waals surface area contributed by atoms with Crippen LogP contribution in [0.4, 0.5) is 0 Å². The van der Waals surface area contributed by atoms with Gasteiger partial charge in [0.25, 0.3) is 0 Å². The Hall–Kier alpha value is -1.84. The summed E-state index contributed by atoms with van der Waals surface area (Å²) in [6.45, 7) is 4.73. The molecule has 0 unspecified atom stereocenters. The highest BCUT2D eigenvalue weighted by atomic mass is 16.4. The number of carboxylic acids is 1. The van der Waals surface area contributed by atoms with Crippen LogP contribution in [0, 0.1) is 6.92 Å². The molecule has 0 aliphatic rings. The average Bonchev–Trinajstić information content (AvgIpc) is 2.52. The SMILES string of the molecule is CCn1c(CC(=O)O)nc2cc(C)ccc21. The molecular formula is C12H14N2O2. The van der Waals surface area contributed by atoms with E-state index < -0.39 is 5.97 Å². The number of benzene rings is 1. The number of aryl methyl sites for hydroxylation is 2. The minimum absolute atomic E-state index is 0.0262. The van der Waals surface area contributed by atoms with Crippen LogP contribution in [0.1, 0.15) is 18.3 Å². The molecule has 0 atom stereocenters. The van der Waals surface area contributed by atoms with Crippen molar-refractivity contribution in [3.63, 3.8) is 0 Å². The maximum atomic E-state index is 10.7. The van der Waals surface area contributed by atoms with E-state index in [0.717, 1.165) is 23.1 Å². The number of hydrogen-bond acceptors (Lipinski definition) is 2. The lowest BCUT2D eigenvalue weighted by Crippen LogP contribution is -2.08. The number of carboxylic acid groups (broad SMARTS) is 1. The predicted octanol–water partition coefficient (Wildman–Crippen LogP) is 1.99. The molecule has 84 valence electrons. The molecular weight excluding hydrogens is 204 g/mol. The van der Waals surface area contributed by atoms with E-state index in [1.165, 1.54) is 0 Å². The Labute approximate surface area is 93.5 Å². The van der Waals surface area contributed by atoms with Gasteiger partial charge < -0.3 is 9.67 Å². The molecule has 0 fully saturated rings. The summed E-state index contributed by atoms with van der Waals surface area (Å²) in [4.78, 5) is 15.1. The Bertz CT molecular complexity index is 543. The summed E-state index contributed by atoms with van der Waals surface area (Å²) in [6.07, 6.45) is -0.0262. The first kappa shape index (κ1) is 10.7. The molecule has 0 amide bonds. The van der Waals surface area contributed by atoms with Crippen molar-refractivity contribution in [2.24, 2.45) is 0 Å². The summed E-state index contributed by atoms with van der Waals surface area (Å²) in [5.74, 6) is -0.225. The van der Waals surface area contributed by atoms with E-state index >= 15 is 0 Å². The summed E-state index contributed by atoms with van der Waals surface area (Å²) in [6, 6.07) is 5.99. The second-order valence-corrected chi connectivity index (χ2v) is 3.83. The van der Waals surface area contributed by atoms with E-state index in [1.54, 1.807) is 0 Å². The lowest BCUT2D eigenvalue weighted by Gasteiger charge is -2.03. The van der Waals surface area contributed by atoms with Gasteiger partial charge in [0.05, 0.1) is 11.0 Å². The summed E-state index contributed by atoms with van der Waals surface area (Å²) in [7, 11) is 0. The van der Waals surface area contributed by atoms with Gasteiger partial charge in [-0.15, -0.1) is 0 Å². The first-order valence-corrected chi connectivity index (χ1v) is 5.29. The van der Waals surface area contributed by atoms with Crippen LogP contribution in [-0.4, -0.2) is 20.6 Å². The van der Waals surface area contributed by atoms with Gasteiger partial charge in [-0.1, -0.05) is 6.07 Å². The molecule has 0 bridgehead atoms. The van der Waals surface area contributed by atoms with Crippen molar-refractivity contribution >= 4 is 17.0 Å². The molecule has 0 saturated heterocycles. The maximum absolute atomic E-state index is 10.7. The van der Waals surface area contributed by atoms with Crippen molar-refractivity contribution < 1.29 is 9.90 Å². The molecule has 1 aromatic carbocycles. The van der Waals surface area contributed by atoms with E-state index in [4.69, 9.17) is 5.11 Å². The Morgan fingerprint density at radius 1 is 1.50 bits per heavy atom. The van der Waals surface area contributed by atoms with E-state index in [1.807, 2.05) is 36.6 Å². The maximum Gasteiger partial charge on any atom is 0.311 e. The van der Waals surface area contributed by atoms with Gasteiger partial charge in [0, 0.05) is 6.54 Å². The largest absolute Gasteiger partial charge is 0.481 e. The number of imidazole rings is 1. The molecule has 1 heterocycles. The van der Waals surface area contributed by atoms with Gasteiger partial charge in [0.15, 0.2) is 0 Å². The molecule has 2 rings (SSSR count). The normalized spacial score (nSPS) is 10.9. The number of aliphatic carboxylic acids is 1. The quantitative estimate of drug-likeness (QED) is 0.857. The number of hydrogen-bond donors (Lipinski definition) is 1. The number of rotatable bonds is 3.